The van der Waals surface area contributed by atoms with E-state index >= 15 is 0 Å². The molecule has 2 aromatic heterocycles. The zero-order chi connectivity index (χ0) is 21.1. The fourth-order valence-electron chi connectivity index (χ4n) is 3.58. The number of piperazine rings is 1. The Labute approximate surface area is 176 Å². The Balaban J connectivity index is 1.41. The fraction of sp³-hybridized carbons (Fsp3) is 0.273. The Hall–Kier alpha value is -2.81. The van der Waals surface area contributed by atoms with Crippen molar-refractivity contribution in [1.82, 2.24) is 18.6 Å². The fourth-order valence-corrected chi connectivity index (χ4v) is 4.75. The first kappa shape index (κ1) is 20.5. The third-order valence-corrected chi connectivity index (χ3v) is 6.81. The molecule has 8 heteroatoms. The molecular weight excluding hydrogens is 400 g/mol. The highest BCUT2D eigenvalue weighted by atomic mass is 32.2. The first-order valence-electron chi connectivity index (χ1n) is 9.86. The number of hydrogen-bond donors (Lipinski definition) is 0. The zero-order valence-electron chi connectivity index (χ0n) is 16.8. The maximum absolute atomic E-state index is 12.6. The van der Waals surface area contributed by atoms with E-state index in [-0.39, 0.29) is 5.56 Å². The molecule has 0 spiro atoms. The van der Waals surface area contributed by atoms with E-state index < -0.39 is 10.0 Å². The Bertz CT molecular complexity index is 1230. The maximum Gasteiger partial charge on any atom is 0.258 e. The van der Waals surface area contributed by atoms with Crippen LogP contribution >= 0.6 is 0 Å². The monoisotopic (exact) mass is 424 g/mol. The molecule has 1 fully saturated rings. The van der Waals surface area contributed by atoms with Crippen LogP contribution in [-0.4, -0.2) is 53.2 Å². The van der Waals surface area contributed by atoms with Gasteiger partial charge in [0.05, 0.1) is 5.69 Å². The summed E-state index contributed by atoms with van der Waals surface area (Å²) in [5.74, 6) is 0. The molecule has 0 bridgehead atoms. The summed E-state index contributed by atoms with van der Waals surface area (Å²) in [6.07, 6.45) is 3.34. The first-order valence-corrected chi connectivity index (χ1v) is 11.4. The number of aromatic nitrogens is 2. The van der Waals surface area contributed by atoms with Crippen molar-refractivity contribution < 1.29 is 8.42 Å². The topological polar surface area (TPSA) is 75.0 Å². The minimum atomic E-state index is -3.46. The molecule has 3 aromatic rings. The molecule has 1 aliphatic heterocycles. The second kappa shape index (κ2) is 8.51. The predicted molar refractivity (Wildman–Crippen MR) is 117 cm³/mol. The molecule has 30 heavy (non-hydrogen) atoms. The molecule has 1 aliphatic rings. The van der Waals surface area contributed by atoms with Crippen LogP contribution in [0.3, 0.4) is 0 Å². The highest BCUT2D eigenvalue weighted by Crippen LogP contribution is 2.14. The number of fused-ring (bicyclic) bond motifs is 1. The smallest absolute Gasteiger partial charge is 0.258 e. The highest BCUT2D eigenvalue weighted by molar-refractivity contribution is 7.92. The van der Waals surface area contributed by atoms with Crippen LogP contribution in [-0.2, 0) is 16.6 Å². The van der Waals surface area contributed by atoms with E-state index in [1.165, 1.54) is 9.71 Å². The van der Waals surface area contributed by atoms with Gasteiger partial charge in [-0.15, -0.1) is 0 Å². The molecule has 0 saturated carbocycles. The highest BCUT2D eigenvalue weighted by Gasteiger charge is 2.25. The van der Waals surface area contributed by atoms with E-state index in [0.717, 1.165) is 11.1 Å². The number of hydrogen-bond acceptors (Lipinski definition) is 5. The molecular formula is C22H24N4O3S. The van der Waals surface area contributed by atoms with Gasteiger partial charge in [-0.05, 0) is 30.2 Å². The lowest BCUT2D eigenvalue weighted by atomic mass is 10.2. The quantitative estimate of drug-likeness (QED) is 0.627. The lowest BCUT2D eigenvalue weighted by Gasteiger charge is -2.33. The number of sulfonamides is 1. The van der Waals surface area contributed by atoms with Gasteiger partial charge in [-0.1, -0.05) is 36.4 Å². The lowest BCUT2D eigenvalue weighted by Crippen LogP contribution is -2.47. The Morgan fingerprint density at radius 1 is 1.03 bits per heavy atom. The molecule has 156 valence electrons. The Kier molecular flexibility index (Phi) is 5.80. The van der Waals surface area contributed by atoms with Gasteiger partial charge in [0, 0.05) is 50.4 Å². The van der Waals surface area contributed by atoms with Crippen LogP contribution in [0.25, 0.3) is 11.7 Å². The number of pyridine rings is 1. The first-order chi connectivity index (χ1) is 14.4. The van der Waals surface area contributed by atoms with Crippen molar-refractivity contribution in [1.29, 1.82) is 0 Å². The molecule has 1 saturated heterocycles. The largest absolute Gasteiger partial charge is 0.295 e. The summed E-state index contributed by atoms with van der Waals surface area (Å²) in [6.45, 7) is 4.45. The van der Waals surface area contributed by atoms with Crippen molar-refractivity contribution in [3.8, 4) is 0 Å². The summed E-state index contributed by atoms with van der Waals surface area (Å²) in [5, 5.41) is 1.27. The molecule has 0 atom stereocenters. The van der Waals surface area contributed by atoms with E-state index in [0.29, 0.717) is 44.1 Å². The maximum atomic E-state index is 12.6. The molecule has 0 N–H and O–H groups in total. The number of nitrogens with zero attached hydrogens (tertiary/aromatic N) is 4. The number of rotatable bonds is 5. The van der Waals surface area contributed by atoms with E-state index in [9.17, 15) is 13.2 Å². The average Bonchev–Trinajstić information content (AvgIpc) is 2.74. The van der Waals surface area contributed by atoms with Gasteiger partial charge in [-0.3, -0.25) is 14.1 Å². The molecule has 4 rings (SSSR count). The SMILES string of the molecule is Cc1cccn2c(=O)cc(CN3CCN(S(=O)(=O)C=Cc4ccccc4)CC3)nc12. The molecule has 0 radical (unpaired) electrons. The number of benzene rings is 1. The van der Waals surface area contributed by atoms with E-state index in [1.54, 1.807) is 22.7 Å². The molecule has 0 unspecified atom stereocenters. The average molecular weight is 425 g/mol. The minimum Gasteiger partial charge on any atom is -0.295 e. The summed E-state index contributed by atoms with van der Waals surface area (Å²) < 4.78 is 28.3. The van der Waals surface area contributed by atoms with Crippen LogP contribution in [0.5, 0.6) is 0 Å². The molecule has 7 nitrogen and oxygen atoms in total. The normalized spacial score (nSPS) is 16.4. The minimum absolute atomic E-state index is 0.106. The Morgan fingerprint density at radius 3 is 2.50 bits per heavy atom. The molecule has 3 heterocycles. The third-order valence-electron chi connectivity index (χ3n) is 5.25. The Morgan fingerprint density at radius 2 is 1.77 bits per heavy atom. The van der Waals surface area contributed by atoms with Gasteiger partial charge < -0.3 is 0 Å². The summed E-state index contributed by atoms with van der Waals surface area (Å²) in [7, 11) is -3.46. The van der Waals surface area contributed by atoms with Gasteiger partial charge in [-0.2, -0.15) is 4.31 Å². The standard InChI is InChI=1S/C22H24N4O3S/c1-18-6-5-10-26-21(27)16-20(23-22(18)26)17-24-11-13-25(14-12-24)30(28,29)15-9-19-7-3-2-4-8-19/h2-10,15-16H,11-14,17H2,1H3. The van der Waals surface area contributed by atoms with Gasteiger partial charge in [-0.25, -0.2) is 13.4 Å². The van der Waals surface area contributed by atoms with Crippen LogP contribution in [0.4, 0.5) is 0 Å². The van der Waals surface area contributed by atoms with Crippen molar-refractivity contribution in [2.45, 2.75) is 13.5 Å². The van der Waals surface area contributed by atoms with Crippen molar-refractivity contribution in [3.63, 3.8) is 0 Å². The zero-order valence-corrected chi connectivity index (χ0v) is 17.6. The van der Waals surface area contributed by atoms with Crippen LogP contribution in [0.15, 0.2) is 64.9 Å². The van der Waals surface area contributed by atoms with Gasteiger partial charge in [0.25, 0.3) is 5.56 Å². The molecule has 0 aliphatic carbocycles. The summed E-state index contributed by atoms with van der Waals surface area (Å²) in [5.41, 5.74) is 3.05. The summed E-state index contributed by atoms with van der Waals surface area (Å²) in [4.78, 5) is 19.1. The molecule has 0 amide bonds. The van der Waals surface area contributed by atoms with E-state index in [4.69, 9.17) is 0 Å². The van der Waals surface area contributed by atoms with Crippen molar-refractivity contribution in [3.05, 3.63) is 87.3 Å². The van der Waals surface area contributed by atoms with E-state index in [1.807, 2.05) is 49.4 Å². The second-order valence-corrected chi connectivity index (χ2v) is 9.22. The summed E-state index contributed by atoms with van der Waals surface area (Å²) in [6, 6.07) is 14.7. The van der Waals surface area contributed by atoms with Crippen LogP contribution < -0.4 is 5.56 Å². The van der Waals surface area contributed by atoms with Gasteiger partial charge in [0.2, 0.25) is 10.0 Å². The lowest BCUT2D eigenvalue weighted by molar-refractivity contribution is 0.181. The van der Waals surface area contributed by atoms with Crippen LogP contribution in [0.1, 0.15) is 16.8 Å². The second-order valence-electron chi connectivity index (χ2n) is 7.40. The third kappa shape index (κ3) is 4.51. The van der Waals surface area contributed by atoms with Crippen molar-refractivity contribution in [2.75, 3.05) is 26.2 Å². The predicted octanol–water partition coefficient (Wildman–Crippen LogP) is 2.12. The van der Waals surface area contributed by atoms with Gasteiger partial charge in [0.15, 0.2) is 0 Å². The van der Waals surface area contributed by atoms with E-state index in [2.05, 4.69) is 9.88 Å². The molecule has 1 aromatic carbocycles. The summed E-state index contributed by atoms with van der Waals surface area (Å²) >= 11 is 0. The van der Waals surface area contributed by atoms with Crippen LogP contribution in [0, 0.1) is 6.92 Å². The number of aryl methyl sites for hydroxylation is 1. The van der Waals surface area contributed by atoms with Gasteiger partial charge >= 0.3 is 0 Å². The van der Waals surface area contributed by atoms with Crippen molar-refractivity contribution in [2.24, 2.45) is 0 Å². The van der Waals surface area contributed by atoms with Crippen LogP contribution in [0.2, 0.25) is 0 Å². The van der Waals surface area contributed by atoms with Crippen molar-refractivity contribution >= 4 is 21.7 Å². The van der Waals surface area contributed by atoms with Gasteiger partial charge in [0.1, 0.15) is 5.65 Å².